The number of ether oxygens (including phenoxy) is 4. The summed E-state index contributed by atoms with van der Waals surface area (Å²) in [6.07, 6.45) is 1.59. The van der Waals surface area contributed by atoms with E-state index in [-0.39, 0.29) is 18.5 Å². The monoisotopic (exact) mass is 350 g/mol. The first-order valence-corrected chi connectivity index (χ1v) is 8.26. The molecular formula is C19H26O6. The minimum atomic E-state index is -0.640. The predicted octanol–water partition coefficient (Wildman–Crippen LogP) is 2.40. The lowest BCUT2D eigenvalue weighted by atomic mass is 9.87. The average molecular weight is 350 g/mol. The van der Waals surface area contributed by atoms with Gasteiger partial charge in [-0.25, -0.2) is 0 Å². The molecule has 1 aliphatic rings. The van der Waals surface area contributed by atoms with E-state index in [1.165, 1.54) is 14.0 Å². The highest BCUT2D eigenvalue weighted by Crippen LogP contribution is 2.49. The highest BCUT2D eigenvalue weighted by atomic mass is 16.5. The Kier molecular flexibility index (Phi) is 5.60. The van der Waals surface area contributed by atoms with E-state index in [4.69, 9.17) is 18.9 Å². The van der Waals surface area contributed by atoms with Gasteiger partial charge in [0.1, 0.15) is 11.5 Å². The SMILES string of the molecule is COC(=O)C1(C)Cc2c(c(OC)c(CCOC(C)=O)c(C)c2OC)C1. The van der Waals surface area contributed by atoms with Gasteiger partial charge in [-0.05, 0) is 32.3 Å². The van der Waals surface area contributed by atoms with Crippen molar-refractivity contribution in [1.82, 2.24) is 0 Å². The van der Waals surface area contributed by atoms with Crippen molar-refractivity contribution in [1.29, 1.82) is 0 Å². The van der Waals surface area contributed by atoms with Crippen LogP contribution in [0.3, 0.4) is 0 Å². The third-order valence-corrected chi connectivity index (χ3v) is 4.86. The standard InChI is InChI=1S/C19H26O6/c1-11-13(7-8-25-12(2)20)17(23-5)15-10-19(3,18(21)24-6)9-14(15)16(11)22-4/h7-10H2,1-6H3. The van der Waals surface area contributed by atoms with Gasteiger partial charge in [0.2, 0.25) is 0 Å². The molecular weight excluding hydrogens is 324 g/mol. The first kappa shape index (κ1) is 19.1. The predicted molar refractivity (Wildman–Crippen MR) is 92.2 cm³/mol. The Hall–Kier alpha value is -2.24. The fraction of sp³-hybridized carbons (Fsp3) is 0.579. The molecule has 0 bridgehead atoms. The lowest BCUT2D eigenvalue weighted by Gasteiger charge is -2.20. The van der Waals surface area contributed by atoms with Gasteiger partial charge in [0.05, 0.1) is 33.4 Å². The van der Waals surface area contributed by atoms with Gasteiger partial charge in [-0.15, -0.1) is 0 Å². The van der Waals surface area contributed by atoms with Gasteiger partial charge in [0.15, 0.2) is 0 Å². The van der Waals surface area contributed by atoms with Crippen molar-refractivity contribution in [3.63, 3.8) is 0 Å². The molecule has 138 valence electrons. The molecule has 0 saturated carbocycles. The zero-order chi connectivity index (χ0) is 18.8. The zero-order valence-corrected chi connectivity index (χ0v) is 15.8. The Morgan fingerprint density at radius 2 is 1.60 bits per heavy atom. The summed E-state index contributed by atoms with van der Waals surface area (Å²) in [6, 6.07) is 0. The summed E-state index contributed by atoms with van der Waals surface area (Å²) < 4.78 is 21.4. The van der Waals surface area contributed by atoms with E-state index in [2.05, 4.69) is 0 Å². The summed E-state index contributed by atoms with van der Waals surface area (Å²) in [6.45, 7) is 5.50. The largest absolute Gasteiger partial charge is 0.496 e. The van der Waals surface area contributed by atoms with E-state index in [0.717, 1.165) is 33.8 Å². The molecule has 0 fully saturated rings. The molecule has 1 aromatic rings. The van der Waals surface area contributed by atoms with Crippen LogP contribution in [0.1, 0.15) is 36.1 Å². The first-order valence-electron chi connectivity index (χ1n) is 8.26. The number of carbonyl (C=O) groups is 2. The van der Waals surface area contributed by atoms with E-state index >= 15 is 0 Å². The Morgan fingerprint density at radius 1 is 1.04 bits per heavy atom. The van der Waals surface area contributed by atoms with E-state index in [0.29, 0.717) is 19.3 Å². The Bertz CT molecular complexity index is 694. The van der Waals surface area contributed by atoms with Crippen LogP contribution in [0, 0.1) is 12.3 Å². The third-order valence-electron chi connectivity index (χ3n) is 4.86. The van der Waals surface area contributed by atoms with Crippen LogP contribution >= 0.6 is 0 Å². The second-order valence-corrected chi connectivity index (χ2v) is 6.62. The summed E-state index contributed by atoms with van der Waals surface area (Å²) in [5.41, 5.74) is 3.20. The molecule has 0 aliphatic heterocycles. The molecule has 0 aromatic heterocycles. The number of esters is 2. The van der Waals surface area contributed by atoms with Crippen LogP contribution in [-0.4, -0.2) is 39.9 Å². The van der Waals surface area contributed by atoms with E-state index in [1.807, 2.05) is 13.8 Å². The van der Waals surface area contributed by atoms with Crippen molar-refractivity contribution in [2.45, 2.75) is 40.0 Å². The third kappa shape index (κ3) is 3.43. The van der Waals surface area contributed by atoms with Gasteiger partial charge in [-0.2, -0.15) is 0 Å². The van der Waals surface area contributed by atoms with Gasteiger partial charge in [-0.3, -0.25) is 9.59 Å². The number of rotatable bonds is 6. The topological polar surface area (TPSA) is 71.1 Å². The quantitative estimate of drug-likeness (QED) is 0.734. The van der Waals surface area contributed by atoms with Gasteiger partial charge in [0.25, 0.3) is 0 Å². The lowest BCUT2D eigenvalue weighted by molar-refractivity contribution is -0.151. The Morgan fingerprint density at radius 3 is 2.08 bits per heavy atom. The lowest BCUT2D eigenvalue weighted by Crippen LogP contribution is -2.29. The molecule has 1 unspecified atom stereocenters. The van der Waals surface area contributed by atoms with Crippen molar-refractivity contribution >= 4 is 11.9 Å². The highest BCUT2D eigenvalue weighted by Gasteiger charge is 2.44. The van der Waals surface area contributed by atoms with Crippen LogP contribution in [0.4, 0.5) is 0 Å². The molecule has 0 amide bonds. The number of methoxy groups -OCH3 is 3. The molecule has 1 aliphatic carbocycles. The van der Waals surface area contributed by atoms with E-state index in [9.17, 15) is 9.59 Å². The van der Waals surface area contributed by atoms with Crippen LogP contribution < -0.4 is 9.47 Å². The van der Waals surface area contributed by atoms with Crippen LogP contribution in [0.2, 0.25) is 0 Å². The average Bonchev–Trinajstić information content (AvgIpc) is 2.92. The number of hydrogen-bond donors (Lipinski definition) is 0. The fourth-order valence-electron chi connectivity index (χ4n) is 3.72. The molecule has 0 radical (unpaired) electrons. The van der Waals surface area contributed by atoms with Crippen molar-refractivity contribution in [3.8, 4) is 11.5 Å². The molecule has 0 heterocycles. The number of carbonyl (C=O) groups excluding carboxylic acids is 2. The van der Waals surface area contributed by atoms with Crippen LogP contribution in [0.25, 0.3) is 0 Å². The van der Waals surface area contributed by atoms with E-state index in [1.54, 1.807) is 14.2 Å². The van der Waals surface area contributed by atoms with Gasteiger partial charge < -0.3 is 18.9 Å². The minimum Gasteiger partial charge on any atom is -0.496 e. The zero-order valence-electron chi connectivity index (χ0n) is 15.8. The van der Waals surface area contributed by atoms with Crippen molar-refractivity contribution in [2.75, 3.05) is 27.9 Å². The first-order chi connectivity index (χ1) is 11.8. The van der Waals surface area contributed by atoms with Crippen LogP contribution in [0.5, 0.6) is 11.5 Å². The summed E-state index contributed by atoms with van der Waals surface area (Å²) in [7, 11) is 4.64. The number of fused-ring (bicyclic) bond motifs is 1. The molecule has 0 spiro atoms. The van der Waals surface area contributed by atoms with Crippen LogP contribution in [0.15, 0.2) is 0 Å². The summed E-state index contributed by atoms with van der Waals surface area (Å²) in [5, 5.41) is 0. The minimum absolute atomic E-state index is 0.244. The van der Waals surface area contributed by atoms with Gasteiger partial charge in [0, 0.05) is 30.0 Å². The number of hydrogen-bond acceptors (Lipinski definition) is 6. The van der Waals surface area contributed by atoms with Gasteiger partial charge in [-0.1, -0.05) is 0 Å². The summed E-state index contributed by atoms with van der Waals surface area (Å²) >= 11 is 0. The summed E-state index contributed by atoms with van der Waals surface area (Å²) in [5.74, 6) is 0.948. The molecule has 1 atom stereocenters. The van der Waals surface area contributed by atoms with Crippen LogP contribution in [-0.2, 0) is 38.3 Å². The smallest absolute Gasteiger partial charge is 0.312 e. The van der Waals surface area contributed by atoms with Crippen molar-refractivity contribution in [2.24, 2.45) is 5.41 Å². The van der Waals surface area contributed by atoms with Crippen molar-refractivity contribution in [3.05, 3.63) is 22.3 Å². The Labute approximate surface area is 148 Å². The molecule has 6 heteroatoms. The van der Waals surface area contributed by atoms with Crippen molar-refractivity contribution < 1.29 is 28.5 Å². The molecule has 2 rings (SSSR count). The maximum atomic E-state index is 12.3. The second-order valence-electron chi connectivity index (χ2n) is 6.62. The molecule has 0 saturated heterocycles. The number of benzene rings is 1. The summed E-state index contributed by atoms with van der Waals surface area (Å²) in [4.78, 5) is 23.3. The molecule has 6 nitrogen and oxygen atoms in total. The Balaban J connectivity index is 2.51. The second kappa shape index (κ2) is 7.33. The van der Waals surface area contributed by atoms with E-state index < -0.39 is 5.41 Å². The maximum Gasteiger partial charge on any atom is 0.312 e. The fourth-order valence-corrected chi connectivity index (χ4v) is 3.72. The van der Waals surface area contributed by atoms with Gasteiger partial charge >= 0.3 is 11.9 Å². The molecule has 0 N–H and O–H groups in total. The normalized spacial score (nSPS) is 18.5. The highest BCUT2D eigenvalue weighted by molar-refractivity contribution is 5.80. The molecule has 1 aromatic carbocycles. The molecule has 25 heavy (non-hydrogen) atoms. The maximum absolute atomic E-state index is 12.3.